The summed E-state index contributed by atoms with van der Waals surface area (Å²) in [5.74, 6) is -0.835. The number of fused-ring (bicyclic) bond motifs is 1. The second kappa shape index (κ2) is 10.2. The topological polar surface area (TPSA) is 43.3 Å². The molecule has 5 heteroatoms. The number of ether oxygens (including phenoxy) is 1. The van der Waals surface area contributed by atoms with E-state index in [2.05, 4.69) is 34.3 Å². The Bertz CT molecular complexity index is 1190. The van der Waals surface area contributed by atoms with E-state index in [1.165, 1.54) is 11.6 Å². The van der Waals surface area contributed by atoms with Crippen molar-refractivity contribution in [2.24, 2.45) is 0 Å². The predicted octanol–water partition coefficient (Wildman–Crippen LogP) is 5.11. The second-order valence-corrected chi connectivity index (χ2v) is 7.84. The number of nitrogens with one attached hydrogen (secondary N) is 1. The Morgan fingerprint density at radius 2 is 1.69 bits per heavy atom. The molecule has 0 aliphatic carbocycles. The molecule has 1 atom stereocenters. The van der Waals surface area contributed by atoms with Gasteiger partial charge in [0, 0.05) is 49.6 Å². The Balaban J connectivity index is 1.76. The van der Waals surface area contributed by atoms with Crippen LogP contribution < -0.4 is 5.32 Å². The minimum Gasteiger partial charge on any atom is -0.383 e. The Kier molecular flexibility index (Phi) is 6.97. The van der Waals surface area contributed by atoms with Crippen molar-refractivity contribution in [3.63, 3.8) is 0 Å². The molecule has 1 aromatic heterocycles. The Hall–Kier alpha value is -3.44. The van der Waals surface area contributed by atoms with Crippen molar-refractivity contribution in [3.05, 3.63) is 108 Å². The summed E-state index contributed by atoms with van der Waals surface area (Å²) >= 11 is 0. The highest BCUT2D eigenvalue weighted by atomic mass is 19.1. The first-order valence-electron chi connectivity index (χ1n) is 10.8. The highest BCUT2D eigenvalue weighted by Crippen LogP contribution is 2.36. The largest absolute Gasteiger partial charge is 0.383 e. The minimum atomic E-state index is -0.402. The zero-order valence-electron chi connectivity index (χ0n) is 18.1. The molecule has 164 valence electrons. The van der Waals surface area contributed by atoms with E-state index in [4.69, 9.17) is 4.74 Å². The van der Waals surface area contributed by atoms with Gasteiger partial charge in [0.15, 0.2) is 0 Å². The number of benzene rings is 3. The predicted molar refractivity (Wildman–Crippen MR) is 125 cm³/mol. The molecule has 0 bridgehead atoms. The molecule has 0 aliphatic rings. The first-order chi connectivity index (χ1) is 15.7. The summed E-state index contributed by atoms with van der Waals surface area (Å²) < 4.78 is 22.1. The number of rotatable bonds is 9. The number of hydrogen-bond acceptors (Lipinski definition) is 2. The van der Waals surface area contributed by atoms with Crippen molar-refractivity contribution in [1.29, 1.82) is 0 Å². The van der Waals surface area contributed by atoms with Gasteiger partial charge in [0.1, 0.15) is 5.82 Å². The monoisotopic (exact) mass is 430 g/mol. The van der Waals surface area contributed by atoms with Gasteiger partial charge >= 0.3 is 0 Å². The molecular weight excluding hydrogens is 403 g/mol. The number of aromatic nitrogens is 1. The van der Waals surface area contributed by atoms with Crippen molar-refractivity contribution in [3.8, 4) is 0 Å². The van der Waals surface area contributed by atoms with Gasteiger partial charge in [-0.25, -0.2) is 4.39 Å². The van der Waals surface area contributed by atoms with Gasteiger partial charge in [-0.2, -0.15) is 0 Å². The average molecular weight is 431 g/mol. The average Bonchev–Trinajstić information content (AvgIpc) is 3.17. The standard InChI is InChI=1S/C27H27FN2O2/c1-32-16-15-29-27(31)17-23(21-11-5-7-13-25(21)28)24-19-30(18-20-9-3-2-4-10-20)26-14-8-6-12-22(24)26/h2-14,19,23H,15-18H2,1H3,(H,29,31). The van der Waals surface area contributed by atoms with Gasteiger partial charge in [-0.1, -0.05) is 66.7 Å². The molecule has 4 nitrogen and oxygen atoms in total. The Morgan fingerprint density at radius 1 is 0.969 bits per heavy atom. The van der Waals surface area contributed by atoms with Crippen LogP contribution in [0, 0.1) is 5.82 Å². The molecule has 1 amide bonds. The van der Waals surface area contributed by atoms with Crippen LogP contribution in [0.25, 0.3) is 10.9 Å². The van der Waals surface area contributed by atoms with E-state index in [-0.39, 0.29) is 18.1 Å². The van der Waals surface area contributed by atoms with Gasteiger partial charge in [-0.3, -0.25) is 4.79 Å². The number of hydrogen-bond donors (Lipinski definition) is 1. The van der Waals surface area contributed by atoms with Gasteiger partial charge in [0.25, 0.3) is 0 Å². The van der Waals surface area contributed by atoms with Crippen LogP contribution in [0.3, 0.4) is 0 Å². The van der Waals surface area contributed by atoms with E-state index in [9.17, 15) is 9.18 Å². The summed E-state index contributed by atoms with van der Waals surface area (Å²) in [4.78, 5) is 12.7. The molecule has 4 aromatic rings. The number of halogens is 1. The number of carbonyl (C=O) groups excluding carboxylic acids is 1. The van der Waals surface area contributed by atoms with Crippen molar-refractivity contribution >= 4 is 16.8 Å². The van der Waals surface area contributed by atoms with Crippen LogP contribution in [-0.4, -0.2) is 30.7 Å². The summed E-state index contributed by atoms with van der Waals surface area (Å²) in [6.07, 6.45) is 2.22. The van der Waals surface area contributed by atoms with Crippen LogP contribution >= 0.6 is 0 Å². The molecule has 0 saturated heterocycles. The van der Waals surface area contributed by atoms with E-state index in [0.29, 0.717) is 25.3 Å². The third-order valence-electron chi connectivity index (χ3n) is 5.69. The lowest BCUT2D eigenvalue weighted by atomic mass is 9.87. The molecule has 3 aromatic carbocycles. The third-order valence-corrected chi connectivity index (χ3v) is 5.69. The van der Waals surface area contributed by atoms with Crippen LogP contribution in [0.1, 0.15) is 29.0 Å². The van der Waals surface area contributed by atoms with Gasteiger partial charge < -0.3 is 14.6 Å². The van der Waals surface area contributed by atoms with Gasteiger partial charge in [-0.05, 0) is 28.8 Å². The summed E-state index contributed by atoms with van der Waals surface area (Å²) in [7, 11) is 1.59. The van der Waals surface area contributed by atoms with E-state index >= 15 is 0 Å². The first-order valence-corrected chi connectivity index (χ1v) is 10.8. The van der Waals surface area contributed by atoms with E-state index in [1.54, 1.807) is 19.2 Å². The maximum absolute atomic E-state index is 14.9. The molecule has 0 saturated carbocycles. The highest BCUT2D eigenvalue weighted by molar-refractivity contribution is 5.86. The number of carbonyl (C=O) groups is 1. The fraction of sp³-hybridized carbons (Fsp3) is 0.222. The molecular formula is C27H27FN2O2. The van der Waals surface area contributed by atoms with E-state index in [1.807, 2.05) is 42.5 Å². The number of methoxy groups -OCH3 is 1. The van der Waals surface area contributed by atoms with Crippen molar-refractivity contribution in [1.82, 2.24) is 9.88 Å². The van der Waals surface area contributed by atoms with Crippen LogP contribution in [0.15, 0.2) is 85.1 Å². The summed E-state index contributed by atoms with van der Waals surface area (Å²) in [5, 5.41) is 3.90. The first kappa shape index (κ1) is 21.8. The maximum Gasteiger partial charge on any atom is 0.221 e. The van der Waals surface area contributed by atoms with Crippen LogP contribution in [0.2, 0.25) is 0 Å². The lowest BCUT2D eigenvalue weighted by Crippen LogP contribution is -2.28. The molecule has 0 radical (unpaired) electrons. The normalized spacial score (nSPS) is 12.1. The Labute approximate surface area is 187 Å². The zero-order valence-corrected chi connectivity index (χ0v) is 18.1. The number of para-hydroxylation sites is 1. The molecule has 1 unspecified atom stereocenters. The lowest BCUT2D eigenvalue weighted by molar-refractivity contribution is -0.121. The second-order valence-electron chi connectivity index (χ2n) is 7.84. The minimum absolute atomic E-state index is 0.129. The van der Waals surface area contributed by atoms with Gasteiger partial charge in [-0.15, -0.1) is 0 Å². The van der Waals surface area contributed by atoms with Crippen molar-refractivity contribution in [2.75, 3.05) is 20.3 Å². The summed E-state index contributed by atoms with van der Waals surface area (Å²) in [6, 6.07) is 25.0. The lowest BCUT2D eigenvalue weighted by Gasteiger charge is -2.18. The smallest absolute Gasteiger partial charge is 0.221 e. The summed E-state index contributed by atoms with van der Waals surface area (Å²) in [6.45, 7) is 1.56. The maximum atomic E-state index is 14.9. The van der Waals surface area contributed by atoms with E-state index < -0.39 is 5.92 Å². The quantitative estimate of drug-likeness (QED) is 0.375. The third kappa shape index (κ3) is 4.89. The molecule has 1 N–H and O–H groups in total. The molecule has 0 spiro atoms. The number of nitrogens with zero attached hydrogens (tertiary/aromatic N) is 1. The van der Waals surface area contributed by atoms with Crippen LogP contribution in [0.5, 0.6) is 0 Å². The van der Waals surface area contributed by atoms with Crippen LogP contribution in [0.4, 0.5) is 4.39 Å². The van der Waals surface area contributed by atoms with Gasteiger partial charge in [0.2, 0.25) is 5.91 Å². The molecule has 0 fully saturated rings. The molecule has 0 aliphatic heterocycles. The molecule has 4 rings (SSSR count). The fourth-order valence-corrected chi connectivity index (χ4v) is 4.16. The van der Waals surface area contributed by atoms with Gasteiger partial charge in [0.05, 0.1) is 6.61 Å². The SMILES string of the molecule is COCCNC(=O)CC(c1ccccc1F)c1cn(Cc2ccccc2)c2ccccc12. The van der Waals surface area contributed by atoms with Crippen molar-refractivity contribution < 1.29 is 13.9 Å². The molecule has 32 heavy (non-hydrogen) atoms. The van der Waals surface area contributed by atoms with E-state index in [0.717, 1.165) is 16.5 Å². The number of amides is 1. The molecule has 1 heterocycles. The highest BCUT2D eigenvalue weighted by Gasteiger charge is 2.25. The van der Waals surface area contributed by atoms with Crippen molar-refractivity contribution in [2.45, 2.75) is 18.9 Å². The fourth-order valence-electron chi connectivity index (χ4n) is 4.16. The van der Waals surface area contributed by atoms with Crippen LogP contribution in [-0.2, 0) is 16.1 Å². The zero-order chi connectivity index (χ0) is 22.3. The summed E-state index contributed by atoms with van der Waals surface area (Å²) in [5.41, 5.74) is 3.72. The Morgan fingerprint density at radius 3 is 2.47 bits per heavy atom.